The number of fused-ring (bicyclic) bond motifs is 1. The van der Waals surface area contributed by atoms with Crippen molar-refractivity contribution in [3.05, 3.63) is 41.5 Å². The summed E-state index contributed by atoms with van der Waals surface area (Å²) in [4.78, 5) is 0. The normalized spacial score (nSPS) is 34.1. The van der Waals surface area contributed by atoms with Crippen molar-refractivity contribution in [2.75, 3.05) is 0 Å². The van der Waals surface area contributed by atoms with Crippen molar-refractivity contribution < 1.29 is 10.2 Å². The summed E-state index contributed by atoms with van der Waals surface area (Å²) >= 11 is 0. The molecule has 0 spiro atoms. The lowest BCUT2D eigenvalue weighted by molar-refractivity contribution is -0.0493. The van der Waals surface area contributed by atoms with Gasteiger partial charge in [0.2, 0.25) is 0 Å². The van der Waals surface area contributed by atoms with Crippen LogP contribution in [0.15, 0.2) is 30.4 Å². The summed E-state index contributed by atoms with van der Waals surface area (Å²) in [5.41, 5.74) is 2.81. The lowest BCUT2D eigenvalue weighted by Gasteiger charge is -2.48. The number of benzene rings is 1. The van der Waals surface area contributed by atoms with Crippen LogP contribution in [0.3, 0.4) is 0 Å². The SMILES string of the molecule is Cc1ccc(O)cc1CC[C@@H]1[C@@H](O)CC[C@]2(C)[C@@H]([C@H](C)C=CC(C)C)CC[C@@H]12. The van der Waals surface area contributed by atoms with Gasteiger partial charge in [0.15, 0.2) is 0 Å². The van der Waals surface area contributed by atoms with E-state index >= 15 is 0 Å². The van der Waals surface area contributed by atoms with Crippen molar-refractivity contribution in [2.24, 2.45) is 35.0 Å². The maximum atomic E-state index is 10.9. The molecule has 3 rings (SSSR count). The first kappa shape index (κ1) is 21.4. The van der Waals surface area contributed by atoms with Gasteiger partial charge < -0.3 is 10.2 Å². The van der Waals surface area contributed by atoms with Crippen molar-refractivity contribution in [3.8, 4) is 5.75 Å². The van der Waals surface area contributed by atoms with E-state index in [-0.39, 0.29) is 6.10 Å². The van der Waals surface area contributed by atoms with E-state index in [2.05, 4.69) is 46.8 Å². The monoisotopic (exact) mass is 384 g/mol. The molecular weight excluding hydrogens is 344 g/mol. The molecule has 2 aliphatic rings. The highest BCUT2D eigenvalue weighted by Gasteiger charge is 2.54. The Morgan fingerprint density at radius 2 is 1.89 bits per heavy atom. The summed E-state index contributed by atoms with van der Waals surface area (Å²) in [5, 5.41) is 20.7. The molecule has 1 aromatic rings. The summed E-state index contributed by atoms with van der Waals surface area (Å²) in [7, 11) is 0. The van der Waals surface area contributed by atoms with E-state index in [0.29, 0.717) is 34.8 Å². The van der Waals surface area contributed by atoms with Crippen LogP contribution in [0, 0.1) is 41.9 Å². The number of rotatable bonds is 6. The molecule has 28 heavy (non-hydrogen) atoms. The van der Waals surface area contributed by atoms with Gasteiger partial charge in [-0.3, -0.25) is 0 Å². The van der Waals surface area contributed by atoms with Crippen LogP contribution in [-0.4, -0.2) is 16.3 Å². The Bertz CT molecular complexity index is 692. The van der Waals surface area contributed by atoms with Gasteiger partial charge in [-0.25, -0.2) is 0 Å². The number of allylic oxidation sites excluding steroid dienone is 2. The van der Waals surface area contributed by atoms with Crippen LogP contribution >= 0.6 is 0 Å². The maximum Gasteiger partial charge on any atom is 0.115 e. The third-order valence-corrected chi connectivity index (χ3v) is 7.99. The molecule has 0 unspecified atom stereocenters. The van der Waals surface area contributed by atoms with Gasteiger partial charge in [-0.15, -0.1) is 0 Å². The summed E-state index contributed by atoms with van der Waals surface area (Å²) in [6.07, 6.45) is 11.2. The predicted molar refractivity (Wildman–Crippen MR) is 117 cm³/mol. The standard InChI is InChI=1S/C26H40O2/c1-17(2)6-7-19(4)23-12-13-24-22(25(28)14-15-26(23,24)5)11-9-20-16-21(27)10-8-18(20)3/h6-8,10,16-17,19,22-25,27-28H,9,11-15H2,1-5H3/t19-,22+,23-,24+,25+,26-/m1/s1. The lowest BCUT2D eigenvalue weighted by atomic mass is 9.58. The average molecular weight is 385 g/mol. The predicted octanol–water partition coefficient (Wildman–Crippen LogP) is 6.28. The Kier molecular flexibility index (Phi) is 6.59. The Labute approximate surface area is 172 Å². The number of phenolic OH excluding ortho intramolecular Hbond substituents is 1. The lowest BCUT2D eigenvalue weighted by Crippen LogP contribution is -2.45. The molecule has 2 N–H and O–H groups in total. The number of aliphatic hydroxyl groups is 1. The van der Waals surface area contributed by atoms with Crippen molar-refractivity contribution in [1.29, 1.82) is 0 Å². The van der Waals surface area contributed by atoms with Crippen LogP contribution in [0.4, 0.5) is 0 Å². The van der Waals surface area contributed by atoms with Gasteiger partial charge in [0.05, 0.1) is 6.10 Å². The van der Waals surface area contributed by atoms with Crippen LogP contribution in [0.2, 0.25) is 0 Å². The van der Waals surface area contributed by atoms with E-state index in [9.17, 15) is 10.2 Å². The Hall–Kier alpha value is -1.28. The molecule has 6 atom stereocenters. The second-order valence-corrected chi connectivity index (χ2v) is 10.2. The minimum Gasteiger partial charge on any atom is -0.508 e. The van der Waals surface area contributed by atoms with Gasteiger partial charge in [-0.2, -0.15) is 0 Å². The molecule has 0 heterocycles. The van der Waals surface area contributed by atoms with Gasteiger partial charge in [0, 0.05) is 0 Å². The minimum absolute atomic E-state index is 0.170. The number of hydrogen-bond donors (Lipinski definition) is 2. The molecule has 0 radical (unpaired) electrons. The van der Waals surface area contributed by atoms with Crippen LogP contribution in [0.5, 0.6) is 5.75 Å². The summed E-state index contributed by atoms with van der Waals surface area (Å²) in [5.74, 6) is 3.30. The van der Waals surface area contributed by atoms with Gasteiger partial charge in [-0.05, 0) is 104 Å². The topological polar surface area (TPSA) is 40.5 Å². The fourth-order valence-electron chi connectivity index (χ4n) is 6.35. The smallest absolute Gasteiger partial charge is 0.115 e. The Morgan fingerprint density at radius 1 is 1.14 bits per heavy atom. The largest absolute Gasteiger partial charge is 0.508 e. The molecule has 2 nitrogen and oxygen atoms in total. The molecular formula is C26H40O2. The van der Waals surface area contributed by atoms with Crippen LogP contribution in [-0.2, 0) is 6.42 Å². The number of aliphatic hydroxyl groups excluding tert-OH is 1. The Morgan fingerprint density at radius 3 is 2.61 bits per heavy atom. The summed E-state index contributed by atoms with van der Waals surface area (Å²) < 4.78 is 0. The summed E-state index contributed by atoms with van der Waals surface area (Å²) in [6.45, 7) is 11.5. The van der Waals surface area contributed by atoms with Gasteiger partial charge in [-0.1, -0.05) is 45.9 Å². The van der Waals surface area contributed by atoms with E-state index in [1.54, 1.807) is 6.07 Å². The maximum absolute atomic E-state index is 10.9. The highest BCUT2D eigenvalue weighted by atomic mass is 16.3. The highest BCUT2D eigenvalue weighted by molar-refractivity contribution is 5.34. The number of aromatic hydroxyl groups is 1. The molecule has 2 heteroatoms. The molecule has 0 amide bonds. The first-order valence-electron chi connectivity index (χ1n) is 11.4. The summed E-state index contributed by atoms with van der Waals surface area (Å²) in [6, 6.07) is 5.67. The molecule has 0 saturated heterocycles. The quantitative estimate of drug-likeness (QED) is 0.566. The zero-order valence-corrected chi connectivity index (χ0v) is 18.5. The fourth-order valence-corrected chi connectivity index (χ4v) is 6.35. The molecule has 1 aromatic carbocycles. The van der Waals surface area contributed by atoms with Gasteiger partial charge in [0.25, 0.3) is 0 Å². The van der Waals surface area contributed by atoms with E-state index in [1.807, 2.05) is 12.1 Å². The third-order valence-electron chi connectivity index (χ3n) is 7.99. The second-order valence-electron chi connectivity index (χ2n) is 10.2. The zero-order chi connectivity index (χ0) is 20.5. The second kappa shape index (κ2) is 8.61. The first-order valence-corrected chi connectivity index (χ1v) is 11.4. The van der Waals surface area contributed by atoms with Crippen molar-refractivity contribution in [1.82, 2.24) is 0 Å². The zero-order valence-electron chi connectivity index (χ0n) is 18.5. The van der Waals surface area contributed by atoms with Gasteiger partial charge in [0.1, 0.15) is 5.75 Å². The van der Waals surface area contributed by atoms with Gasteiger partial charge >= 0.3 is 0 Å². The van der Waals surface area contributed by atoms with Crippen molar-refractivity contribution in [3.63, 3.8) is 0 Å². The molecule has 2 fully saturated rings. The van der Waals surface area contributed by atoms with Crippen molar-refractivity contribution >= 4 is 0 Å². The van der Waals surface area contributed by atoms with E-state index in [0.717, 1.165) is 31.6 Å². The number of aryl methyl sites for hydroxylation is 2. The van der Waals surface area contributed by atoms with Crippen LogP contribution < -0.4 is 0 Å². The molecule has 0 bridgehead atoms. The minimum atomic E-state index is -0.170. The highest BCUT2D eigenvalue weighted by Crippen LogP contribution is 2.60. The number of hydrogen-bond acceptors (Lipinski definition) is 2. The molecule has 2 saturated carbocycles. The average Bonchev–Trinajstić information content (AvgIpc) is 2.99. The van der Waals surface area contributed by atoms with Crippen molar-refractivity contribution in [2.45, 2.75) is 79.2 Å². The molecule has 0 aliphatic heterocycles. The van der Waals surface area contributed by atoms with E-state index in [4.69, 9.17) is 0 Å². The first-order chi connectivity index (χ1) is 13.2. The molecule has 2 aliphatic carbocycles. The Balaban J connectivity index is 1.74. The van der Waals surface area contributed by atoms with E-state index in [1.165, 1.54) is 24.0 Å². The number of phenols is 1. The van der Waals surface area contributed by atoms with E-state index < -0.39 is 0 Å². The van der Waals surface area contributed by atoms with Crippen LogP contribution in [0.1, 0.15) is 70.9 Å². The molecule has 0 aromatic heterocycles. The third kappa shape index (κ3) is 4.32. The fraction of sp³-hybridized carbons (Fsp3) is 0.692. The molecule has 156 valence electrons. The van der Waals surface area contributed by atoms with Crippen LogP contribution in [0.25, 0.3) is 0 Å².